The fourth-order valence-electron chi connectivity index (χ4n) is 1.77. The number of hydrogen-bond donors (Lipinski definition) is 0. The second-order valence-electron chi connectivity index (χ2n) is 5.07. The van der Waals surface area contributed by atoms with Crippen molar-refractivity contribution in [1.82, 2.24) is 9.88 Å². The van der Waals surface area contributed by atoms with Crippen LogP contribution in [0.3, 0.4) is 0 Å². The predicted octanol–water partition coefficient (Wildman–Crippen LogP) is 2.52. The number of carbonyl (C=O) groups excluding carboxylic acids is 1. The minimum atomic E-state index is 0.182. The maximum Gasteiger partial charge on any atom is 0.227 e. The average molecular weight is 234 g/mol. The first-order chi connectivity index (χ1) is 8.00. The van der Waals surface area contributed by atoms with Gasteiger partial charge in [0.2, 0.25) is 5.91 Å². The van der Waals surface area contributed by atoms with Gasteiger partial charge in [0.05, 0.1) is 6.42 Å². The number of carbonyl (C=O) groups is 1. The van der Waals surface area contributed by atoms with Gasteiger partial charge in [0.25, 0.3) is 0 Å². The van der Waals surface area contributed by atoms with Gasteiger partial charge in [-0.05, 0) is 31.4 Å². The molecule has 0 aliphatic carbocycles. The third-order valence-electron chi connectivity index (χ3n) is 2.58. The Morgan fingerprint density at radius 3 is 2.53 bits per heavy atom. The van der Waals surface area contributed by atoms with E-state index < -0.39 is 0 Å². The first-order valence-electron chi connectivity index (χ1n) is 6.19. The molecule has 0 aromatic carbocycles. The monoisotopic (exact) mass is 234 g/mol. The van der Waals surface area contributed by atoms with Crippen LogP contribution in [0.1, 0.15) is 33.3 Å². The Morgan fingerprint density at radius 1 is 1.35 bits per heavy atom. The van der Waals surface area contributed by atoms with Gasteiger partial charge in [-0.1, -0.05) is 19.9 Å². The van der Waals surface area contributed by atoms with Crippen molar-refractivity contribution in [1.29, 1.82) is 0 Å². The van der Waals surface area contributed by atoms with Crippen LogP contribution in [0.25, 0.3) is 0 Å². The Hall–Kier alpha value is -1.38. The summed E-state index contributed by atoms with van der Waals surface area (Å²) in [6.07, 6.45) is 3.92. The summed E-state index contributed by atoms with van der Waals surface area (Å²) in [5, 5.41) is 0. The van der Waals surface area contributed by atoms with Crippen molar-refractivity contribution in [3.05, 3.63) is 30.1 Å². The summed E-state index contributed by atoms with van der Waals surface area (Å²) < 4.78 is 0. The summed E-state index contributed by atoms with van der Waals surface area (Å²) >= 11 is 0. The topological polar surface area (TPSA) is 33.2 Å². The van der Waals surface area contributed by atoms with Crippen molar-refractivity contribution >= 4 is 5.91 Å². The molecule has 1 heterocycles. The van der Waals surface area contributed by atoms with E-state index in [1.807, 2.05) is 17.0 Å². The molecule has 0 radical (unpaired) electrons. The second-order valence-corrected chi connectivity index (χ2v) is 5.07. The predicted molar refractivity (Wildman–Crippen MR) is 69.6 cm³/mol. The summed E-state index contributed by atoms with van der Waals surface area (Å²) in [5.41, 5.74) is 0.979. The maximum absolute atomic E-state index is 12.2. The van der Waals surface area contributed by atoms with Crippen LogP contribution in [0.4, 0.5) is 0 Å². The van der Waals surface area contributed by atoms with Crippen LogP contribution in [0.2, 0.25) is 0 Å². The Labute approximate surface area is 104 Å². The summed E-state index contributed by atoms with van der Waals surface area (Å²) in [6.45, 7) is 9.20. The van der Waals surface area contributed by atoms with Crippen LogP contribution in [-0.4, -0.2) is 28.4 Å². The quantitative estimate of drug-likeness (QED) is 0.784. The van der Waals surface area contributed by atoms with Crippen molar-refractivity contribution in [3.63, 3.8) is 0 Å². The first-order valence-corrected chi connectivity index (χ1v) is 6.19. The molecule has 94 valence electrons. The highest BCUT2D eigenvalue weighted by atomic mass is 16.2. The number of pyridine rings is 1. The third kappa shape index (κ3) is 4.55. The van der Waals surface area contributed by atoms with Gasteiger partial charge in [0.15, 0.2) is 0 Å². The molecule has 1 rings (SSSR count). The van der Waals surface area contributed by atoms with E-state index in [4.69, 9.17) is 0 Å². The van der Waals surface area contributed by atoms with Gasteiger partial charge < -0.3 is 4.90 Å². The van der Waals surface area contributed by atoms with E-state index in [2.05, 4.69) is 32.7 Å². The highest BCUT2D eigenvalue weighted by Gasteiger charge is 2.18. The van der Waals surface area contributed by atoms with E-state index in [1.165, 1.54) is 0 Å². The molecular weight excluding hydrogens is 212 g/mol. The van der Waals surface area contributed by atoms with E-state index in [0.29, 0.717) is 12.3 Å². The van der Waals surface area contributed by atoms with E-state index in [1.54, 1.807) is 12.4 Å². The molecule has 0 bridgehead atoms. The number of hydrogen-bond acceptors (Lipinski definition) is 2. The lowest BCUT2D eigenvalue weighted by Gasteiger charge is -2.28. The standard InChI is InChI=1S/C14H22N2O/c1-11(2)10-16(12(3)4)14(17)8-13-6-5-7-15-9-13/h5-7,9,11-12H,8,10H2,1-4H3. The highest BCUT2D eigenvalue weighted by molar-refractivity contribution is 5.78. The Kier molecular flexibility index (Phi) is 5.13. The van der Waals surface area contributed by atoms with Gasteiger partial charge in [0.1, 0.15) is 0 Å². The van der Waals surface area contributed by atoms with Gasteiger partial charge >= 0.3 is 0 Å². The van der Waals surface area contributed by atoms with Crippen molar-refractivity contribution in [3.8, 4) is 0 Å². The van der Waals surface area contributed by atoms with E-state index in [9.17, 15) is 4.79 Å². The molecule has 17 heavy (non-hydrogen) atoms. The van der Waals surface area contributed by atoms with Crippen LogP contribution < -0.4 is 0 Å². The Balaban J connectivity index is 2.66. The molecule has 1 amide bonds. The molecule has 3 nitrogen and oxygen atoms in total. The van der Waals surface area contributed by atoms with Gasteiger partial charge in [-0.15, -0.1) is 0 Å². The lowest BCUT2D eigenvalue weighted by atomic mass is 10.1. The molecule has 1 aromatic rings. The largest absolute Gasteiger partial charge is 0.340 e. The molecule has 1 aromatic heterocycles. The third-order valence-corrected chi connectivity index (χ3v) is 2.58. The lowest BCUT2D eigenvalue weighted by Crippen LogP contribution is -2.40. The molecule has 0 fully saturated rings. The van der Waals surface area contributed by atoms with Crippen molar-refractivity contribution in [2.45, 2.75) is 40.2 Å². The molecule has 0 spiro atoms. The van der Waals surface area contributed by atoms with Gasteiger partial charge in [-0.25, -0.2) is 0 Å². The SMILES string of the molecule is CC(C)CN(C(=O)Cc1cccnc1)C(C)C. The smallest absolute Gasteiger partial charge is 0.227 e. The zero-order chi connectivity index (χ0) is 12.8. The summed E-state index contributed by atoms with van der Waals surface area (Å²) in [5.74, 6) is 0.678. The van der Waals surface area contributed by atoms with Gasteiger partial charge in [0, 0.05) is 25.0 Å². The van der Waals surface area contributed by atoms with Gasteiger partial charge in [-0.2, -0.15) is 0 Å². The average Bonchev–Trinajstić information content (AvgIpc) is 2.26. The summed E-state index contributed by atoms with van der Waals surface area (Å²) in [6, 6.07) is 4.06. The van der Waals surface area contributed by atoms with Crippen LogP contribution >= 0.6 is 0 Å². The van der Waals surface area contributed by atoms with E-state index >= 15 is 0 Å². The normalized spacial score (nSPS) is 10.9. The Bertz CT molecular complexity index is 346. The minimum absolute atomic E-state index is 0.182. The second kappa shape index (κ2) is 6.38. The van der Waals surface area contributed by atoms with Crippen molar-refractivity contribution < 1.29 is 4.79 Å². The zero-order valence-electron chi connectivity index (χ0n) is 11.2. The molecule has 0 atom stereocenters. The Morgan fingerprint density at radius 2 is 2.06 bits per heavy atom. The van der Waals surface area contributed by atoms with E-state index in [0.717, 1.165) is 12.1 Å². The lowest BCUT2D eigenvalue weighted by molar-refractivity contribution is -0.132. The number of aromatic nitrogens is 1. The fraction of sp³-hybridized carbons (Fsp3) is 0.571. The zero-order valence-corrected chi connectivity index (χ0v) is 11.2. The molecule has 0 aliphatic rings. The van der Waals surface area contributed by atoms with Crippen LogP contribution in [-0.2, 0) is 11.2 Å². The highest BCUT2D eigenvalue weighted by Crippen LogP contribution is 2.08. The number of amides is 1. The summed E-state index contributed by atoms with van der Waals surface area (Å²) in [4.78, 5) is 18.2. The van der Waals surface area contributed by atoms with Crippen LogP contribution in [0.5, 0.6) is 0 Å². The van der Waals surface area contributed by atoms with Crippen LogP contribution in [0, 0.1) is 5.92 Å². The molecule has 0 N–H and O–H groups in total. The van der Waals surface area contributed by atoms with E-state index in [-0.39, 0.29) is 11.9 Å². The van der Waals surface area contributed by atoms with Crippen molar-refractivity contribution in [2.75, 3.05) is 6.54 Å². The molecule has 0 aliphatic heterocycles. The maximum atomic E-state index is 12.2. The number of rotatable bonds is 5. The fourth-order valence-corrected chi connectivity index (χ4v) is 1.77. The summed E-state index contributed by atoms with van der Waals surface area (Å²) in [7, 11) is 0. The molecule has 0 unspecified atom stereocenters. The van der Waals surface area contributed by atoms with Crippen LogP contribution in [0.15, 0.2) is 24.5 Å². The first kappa shape index (κ1) is 13.7. The minimum Gasteiger partial charge on any atom is -0.340 e. The molecular formula is C14H22N2O. The van der Waals surface area contributed by atoms with Gasteiger partial charge in [-0.3, -0.25) is 9.78 Å². The number of nitrogens with zero attached hydrogens (tertiary/aromatic N) is 2. The molecule has 0 saturated carbocycles. The molecule has 3 heteroatoms. The molecule has 0 saturated heterocycles. The van der Waals surface area contributed by atoms with Crippen molar-refractivity contribution in [2.24, 2.45) is 5.92 Å².